The summed E-state index contributed by atoms with van der Waals surface area (Å²) in [6.07, 6.45) is 7.26. The van der Waals surface area contributed by atoms with Gasteiger partial charge in [-0.25, -0.2) is 18.5 Å². The Balaban J connectivity index is 0.00000242. The van der Waals surface area contributed by atoms with Crippen LogP contribution in [-0.2, 0) is 16.0 Å². The summed E-state index contributed by atoms with van der Waals surface area (Å²) in [7, 11) is 3.12. The molecule has 0 aliphatic heterocycles. The third-order valence-corrected chi connectivity index (χ3v) is 4.76. The second-order valence-corrected chi connectivity index (χ2v) is 8.14. The predicted octanol–water partition coefficient (Wildman–Crippen LogP) is 5.86. The molecular formula is C28H37F2N7O2. The Morgan fingerprint density at radius 1 is 1.23 bits per heavy atom. The summed E-state index contributed by atoms with van der Waals surface area (Å²) in [5, 5.41) is 11.1. The van der Waals surface area contributed by atoms with Gasteiger partial charge in [0.1, 0.15) is 12.9 Å². The molecule has 11 heteroatoms. The van der Waals surface area contributed by atoms with E-state index in [0.29, 0.717) is 29.5 Å². The molecule has 2 heterocycles. The number of nitrogens with zero attached hydrogens (tertiary/aromatic N) is 7. The van der Waals surface area contributed by atoms with Crippen LogP contribution in [0.4, 0.5) is 8.78 Å². The van der Waals surface area contributed by atoms with Crippen molar-refractivity contribution < 1.29 is 18.3 Å². The summed E-state index contributed by atoms with van der Waals surface area (Å²) in [4.78, 5) is 13.0. The van der Waals surface area contributed by atoms with Crippen molar-refractivity contribution in [2.24, 2.45) is 9.98 Å². The van der Waals surface area contributed by atoms with Crippen molar-refractivity contribution in [1.29, 1.82) is 0 Å². The number of halogens is 2. The van der Waals surface area contributed by atoms with Gasteiger partial charge in [0.15, 0.2) is 0 Å². The van der Waals surface area contributed by atoms with Crippen molar-refractivity contribution in [3.63, 3.8) is 0 Å². The lowest BCUT2D eigenvalue weighted by molar-refractivity contribution is 0.194. The molecule has 9 nitrogen and oxygen atoms in total. The molecule has 0 saturated heterocycles. The molecule has 0 fully saturated rings. The van der Waals surface area contributed by atoms with Crippen LogP contribution in [0.2, 0.25) is 0 Å². The molecule has 0 N–H and O–H groups in total. The summed E-state index contributed by atoms with van der Waals surface area (Å²) < 4.78 is 38.5. The summed E-state index contributed by atoms with van der Waals surface area (Å²) in [5.74, 6) is 0.744. The minimum atomic E-state index is -2.61. The Hall–Kier alpha value is -4.28. The largest absolute Gasteiger partial charge is 0.494 e. The van der Waals surface area contributed by atoms with Crippen LogP contribution in [0.5, 0.6) is 0 Å². The molecule has 0 aromatic carbocycles. The first-order valence-corrected chi connectivity index (χ1v) is 12.2. The van der Waals surface area contributed by atoms with E-state index in [1.165, 1.54) is 32.0 Å². The molecule has 0 amide bonds. The Morgan fingerprint density at radius 3 is 2.51 bits per heavy atom. The first-order chi connectivity index (χ1) is 18.7. The molecule has 0 unspecified atom stereocenters. The van der Waals surface area contributed by atoms with Gasteiger partial charge in [-0.2, -0.15) is 0 Å². The van der Waals surface area contributed by atoms with Crippen molar-refractivity contribution in [1.82, 2.24) is 25.2 Å². The van der Waals surface area contributed by atoms with E-state index in [2.05, 4.69) is 57.5 Å². The average molecular weight is 542 g/mol. The van der Waals surface area contributed by atoms with Crippen LogP contribution in [0.1, 0.15) is 45.4 Å². The lowest BCUT2D eigenvalue weighted by atomic mass is 10.1. The van der Waals surface area contributed by atoms with Crippen LogP contribution in [0.25, 0.3) is 5.70 Å². The zero-order valence-electron chi connectivity index (χ0n) is 23.4. The minimum Gasteiger partial charge on any atom is -0.494 e. The van der Waals surface area contributed by atoms with Crippen LogP contribution in [0.15, 0.2) is 88.5 Å². The van der Waals surface area contributed by atoms with Crippen molar-refractivity contribution >= 4 is 17.8 Å². The zero-order chi connectivity index (χ0) is 29.2. The molecule has 0 aliphatic rings. The highest BCUT2D eigenvalue weighted by atomic mass is 19.3. The van der Waals surface area contributed by atoms with Gasteiger partial charge in [-0.15, -0.1) is 5.10 Å². The molecule has 0 radical (unpaired) electrons. The summed E-state index contributed by atoms with van der Waals surface area (Å²) in [6.45, 7) is 15.8. The van der Waals surface area contributed by atoms with Gasteiger partial charge in [0.2, 0.25) is 5.90 Å². The van der Waals surface area contributed by atoms with Crippen LogP contribution in [0, 0.1) is 0 Å². The second kappa shape index (κ2) is 18.1. The molecule has 2 aromatic rings. The van der Waals surface area contributed by atoms with Crippen molar-refractivity contribution in [3.05, 3.63) is 89.8 Å². The van der Waals surface area contributed by atoms with Crippen molar-refractivity contribution in [2.45, 2.75) is 47.1 Å². The van der Waals surface area contributed by atoms with Crippen LogP contribution < -0.4 is 0 Å². The fourth-order valence-corrected chi connectivity index (χ4v) is 2.83. The van der Waals surface area contributed by atoms with Gasteiger partial charge in [0.05, 0.1) is 36.4 Å². The highest BCUT2D eigenvalue weighted by molar-refractivity contribution is 6.14. The smallest absolute Gasteiger partial charge is 0.263 e. The number of pyridine rings is 1. The van der Waals surface area contributed by atoms with Crippen LogP contribution in [-0.4, -0.2) is 64.5 Å². The van der Waals surface area contributed by atoms with E-state index in [1.54, 1.807) is 37.1 Å². The maximum atomic E-state index is 12.8. The number of aromatic nitrogens is 5. The van der Waals surface area contributed by atoms with Gasteiger partial charge < -0.3 is 9.47 Å². The molecule has 0 bridgehead atoms. The number of methoxy groups -OCH3 is 1. The Bertz CT molecular complexity index is 1210. The quantitative estimate of drug-likeness (QED) is 0.144. The lowest BCUT2D eigenvalue weighted by Gasteiger charge is -2.13. The number of tetrazole rings is 1. The molecule has 0 aliphatic carbocycles. The standard InChI is InChI=1S/C25H29F2N7O2.C3H8/c1-7-20(24(26)27)9-8-18(3)36-15-17(2)23(13-28-5)25(35-6)31-19(4)21-10-11-29-22(12-21)14-34-16-30-32-33-34;1-3-2/h7-13,16,24H,1,4,14-15H2,2-3,5-6H3;3H2,1-2H3/b18-8+,20-9+,23-17-,28-13?,31-25?;. The maximum Gasteiger partial charge on any atom is 0.263 e. The van der Waals surface area contributed by atoms with E-state index in [-0.39, 0.29) is 12.2 Å². The van der Waals surface area contributed by atoms with E-state index < -0.39 is 6.43 Å². The number of hydrogen-bond donors (Lipinski definition) is 0. The average Bonchev–Trinajstić information content (AvgIpc) is 3.43. The van der Waals surface area contributed by atoms with Crippen LogP contribution in [0.3, 0.4) is 0 Å². The summed E-state index contributed by atoms with van der Waals surface area (Å²) in [5.41, 5.74) is 3.10. The second-order valence-electron chi connectivity index (χ2n) is 8.14. The molecule has 2 rings (SSSR count). The van der Waals surface area contributed by atoms with E-state index in [0.717, 1.165) is 22.9 Å². The van der Waals surface area contributed by atoms with Gasteiger partial charge in [-0.05, 0) is 48.1 Å². The molecule has 2 aromatic heterocycles. The number of aliphatic imine (C=N–C) groups is 2. The third kappa shape index (κ3) is 11.8. The first-order valence-electron chi connectivity index (χ1n) is 12.2. The topological polar surface area (TPSA) is 99.7 Å². The Kier molecular flexibility index (Phi) is 15.2. The minimum absolute atomic E-state index is 0.163. The highest BCUT2D eigenvalue weighted by Gasteiger charge is 2.13. The van der Waals surface area contributed by atoms with Gasteiger partial charge >= 0.3 is 0 Å². The number of alkyl halides is 2. The van der Waals surface area contributed by atoms with Gasteiger partial charge in [-0.3, -0.25) is 9.98 Å². The zero-order valence-corrected chi connectivity index (χ0v) is 23.4. The normalized spacial score (nSPS) is 13.1. The van der Waals surface area contributed by atoms with Crippen LogP contribution >= 0.6 is 0 Å². The van der Waals surface area contributed by atoms with Gasteiger partial charge in [-0.1, -0.05) is 45.6 Å². The number of allylic oxidation sites excluding steroid dienone is 5. The Morgan fingerprint density at radius 2 is 1.95 bits per heavy atom. The molecule has 39 heavy (non-hydrogen) atoms. The maximum absolute atomic E-state index is 12.8. The number of hydrogen-bond acceptors (Lipinski definition) is 8. The monoisotopic (exact) mass is 541 g/mol. The predicted molar refractivity (Wildman–Crippen MR) is 152 cm³/mol. The van der Waals surface area contributed by atoms with E-state index in [9.17, 15) is 8.78 Å². The molecule has 0 atom stereocenters. The SMILES string of the molecule is C=C/C(=C\C=C(/C)OC/C(C)=C(/C=NC)C(=NC(=C)c1ccnc(Cn2cnnn2)c1)OC)C(F)F.CCC. The third-order valence-electron chi connectivity index (χ3n) is 4.76. The van der Waals surface area contributed by atoms with E-state index in [1.807, 2.05) is 13.0 Å². The highest BCUT2D eigenvalue weighted by Crippen LogP contribution is 2.18. The lowest BCUT2D eigenvalue weighted by Crippen LogP contribution is -2.12. The van der Waals surface area contributed by atoms with Gasteiger partial charge in [0, 0.05) is 30.6 Å². The van der Waals surface area contributed by atoms with E-state index >= 15 is 0 Å². The molecule has 210 valence electrons. The summed E-state index contributed by atoms with van der Waals surface area (Å²) in [6, 6.07) is 3.63. The number of rotatable bonds is 12. The fraction of sp³-hybridized carbons (Fsp3) is 0.357. The number of ether oxygens (including phenoxy) is 2. The van der Waals surface area contributed by atoms with Crippen molar-refractivity contribution in [2.75, 3.05) is 20.8 Å². The fourth-order valence-electron chi connectivity index (χ4n) is 2.83. The summed E-state index contributed by atoms with van der Waals surface area (Å²) >= 11 is 0. The molecular weight excluding hydrogens is 504 g/mol. The van der Waals surface area contributed by atoms with Gasteiger partial charge in [0.25, 0.3) is 6.43 Å². The molecule has 0 saturated carbocycles. The Labute approximate surface area is 229 Å². The van der Waals surface area contributed by atoms with E-state index in [4.69, 9.17) is 9.47 Å². The van der Waals surface area contributed by atoms with Crippen molar-refractivity contribution in [3.8, 4) is 0 Å². The molecule has 0 spiro atoms. The first kappa shape index (κ1) is 32.7.